The standard InChI is InChI=1S/C70H62N2Si3/c1-73(2,3)55-39-29-48(30-40-55)47-25-33-52(34-26-47)71(53-35-27-49(28-36-53)50-31-43-59-58-18-14-16-24-67(58)75(7,8)68(59)46-50)70-62-21-11-9-19-60(62)69(61-20-10-12-22-63(61)70)51-32-44-66-64(45-51)57-17-13-15-23-65(57)72(66)54-37-41-56(42-38-54)74(4,5)6/h9-46H,1-8H3. The average molecular weight is 1020 g/mol. The lowest BCUT2D eigenvalue weighted by molar-refractivity contribution is 1.18. The van der Waals surface area contributed by atoms with Crippen molar-refractivity contribution in [3.63, 3.8) is 0 Å². The first-order chi connectivity index (χ1) is 36.2. The van der Waals surface area contributed by atoms with Crippen LogP contribution in [0, 0.1) is 0 Å². The molecule has 0 saturated carbocycles. The highest BCUT2D eigenvalue weighted by Gasteiger charge is 2.37. The number of para-hydroxylation sites is 1. The van der Waals surface area contributed by atoms with Gasteiger partial charge in [0, 0.05) is 38.6 Å². The van der Waals surface area contributed by atoms with Gasteiger partial charge in [-0.3, -0.25) is 0 Å². The maximum absolute atomic E-state index is 2.51. The number of anilines is 3. The van der Waals surface area contributed by atoms with E-state index in [1.165, 1.54) is 120 Å². The first-order valence-electron chi connectivity index (χ1n) is 26.7. The number of nitrogens with zero attached hydrogens (tertiary/aromatic N) is 2. The van der Waals surface area contributed by atoms with Gasteiger partial charge in [0.15, 0.2) is 0 Å². The van der Waals surface area contributed by atoms with Crippen LogP contribution < -0.4 is 25.6 Å². The van der Waals surface area contributed by atoms with E-state index in [1.54, 1.807) is 0 Å². The largest absolute Gasteiger partial charge is 0.309 e. The predicted octanol–water partition coefficient (Wildman–Crippen LogP) is 17.5. The first-order valence-corrected chi connectivity index (χ1v) is 36.7. The zero-order valence-electron chi connectivity index (χ0n) is 44.3. The molecule has 0 saturated heterocycles. The Morgan fingerprint density at radius 2 is 0.787 bits per heavy atom. The van der Waals surface area contributed by atoms with E-state index in [4.69, 9.17) is 0 Å². The second kappa shape index (κ2) is 17.7. The van der Waals surface area contributed by atoms with E-state index in [2.05, 4.69) is 292 Å². The number of fused-ring (bicyclic) bond motifs is 8. The molecule has 13 rings (SSSR count). The molecule has 1 aromatic heterocycles. The zero-order valence-corrected chi connectivity index (χ0v) is 47.3. The Labute approximate surface area is 445 Å². The van der Waals surface area contributed by atoms with Gasteiger partial charge in [0.05, 0.1) is 32.9 Å². The summed E-state index contributed by atoms with van der Waals surface area (Å²) in [6, 6.07) is 87.7. The lowest BCUT2D eigenvalue weighted by Crippen LogP contribution is -2.49. The summed E-state index contributed by atoms with van der Waals surface area (Å²) in [5.41, 5.74) is 17.3. The monoisotopic (exact) mass is 1010 g/mol. The summed E-state index contributed by atoms with van der Waals surface area (Å²) in [6.07, 6.45) is 0. The van der Waals surface area contributed by atoms with Crippen molar-refractivity contribution in [1.82, 2.24) is 4.57 Å². The summed E-state index contributed by atoms with van der Waals surface area (Å²) >= 11 is 0. The van der Waals surface area contributed by atoms with Crippen LogP contribution in [0.1, 0.15) is 0 Å². The van der Waals surface area contributed by atoms with E-state index in [-0.39, 0.29) is 0 Å². The number of hydrogen-bond donors (Lipinski definition) is 0. The fourth-order valence-corrected chi connectivity index (χ4v) is 17.7. The van der Waals surface area contributed by atoms with E-state index in [0.717, 1.165) is 11.4 Å². The van der Waals surface area contributed by atoms with Crippen LogP contribution in [0.3, 0.4) is 0 Å². The van der Waals surface area contributed by atoms with Crippen LogP contribution in [0.15, 0.2) is 231 Å². The van der Waals surface area contributed by atoms with Crippen molar-refractivity contribution in [3.8, 4) is 50.2 Å². The highest BCUT2D eigenvalue weighted by atomic mass is 28.3. The maximum Gasteiger partial charge on any atom is 0.113 e. The zero-order chi connectivity index (χ0) is 51.4. The summed E-state index contributed by atoms with van der Waals surface area (Å²) < 4.78 is 2.45. The van der Waals surface area contributed by atoms with Crippen molar-refractivity contribution in [3.05, 3.63) is 231 Å². The fourth-order valence-electron chi connectivity index (χ4n) is 12.2. The molecule has 75 heavy (non-hydrogen) atoms. The molecule has 0 spiro atoms. The Bertz CT molecular complexity index is 4130. The molecule has 2 heterocycles. The Morgan fingerprint density at radius 1 is 0.347 bits per heavy atom. The molecule has 0 bridgehead atoms. The summed E-state index contributed by atoms with van der Waals surface area (Å²) in [5, 5.41) is 13.4. The average Bonchev–Trinajstić information content (AvgIpc) is 3.88. The predicted molar refractivity (Wildman–Crippen MR) is 335 cm³/mol. The SMILES string of the molecule is C[Si](C)(C)c1ccc(-c2ccc(N(c3ccc(-c4ccc5c(c4)[Si](C)(C)c4ccccc4-5)cc3)c3c4ccccc4c(-c4ccc5c(c4)c4ccccc4n5-c4ccc([Si](C)(C)C)cc4)c4ccccc34)cc2)cc1. The molecule has 0 amide bonds. The van der Waals surface area contributed by atoms with Crippen LogP contribution in [0.25, 0.3) is 93.5 Å². The van der Waals surface area contributed by atoms with Gasteiger partial charge in [0.2, 0.25) is 0 Å². The molecular weight excluding hydrogens is 953 g/mol. The van der Waals surface area contributed by atoms with E-state index in [9.17, 15) is 0 Å². The van der Waals surface area contributed by atoms with Crippen molar-refractivity contribution in [1.29, 1.82) is 0 Å². The van der Waals surface area contributed by atoms with Crippen LogP contribution in [-0.4, -0.2) is 28.8 Å². The number of aromatic nitrogens is 1. The van der Waals surface area contributed by atoms with E-state index >= 15 is 0 Å². The Hall–Kier alpha value is -7.81. The van der Waals surface area contributed by atoms with Crippen molar-refractivity contribution in [2.45, 2.75) is 52.4 Å². The van der Waals surface area contributed by atoms with E-state index in [0.29, 0.717) is 0 Å². The third kappa shape index (κ3) is 7.87. The second-order valence-electron chi connectivity index (χ2n) is 23.4. The van der Waals surface area contributed by atoms with Crippen molar-refractivity contribution < 1.29 is 0 Å². The van der Waals surface area contributed by atoms with Gasteiger partial charge in [0.1, 0.15) is 8.07 Å². The lowest BCUT2D eigenvalue weighted by Gasteiger charge is -2.30. The maximum atomic E-state index is 2.51. The molecule has 1 aliphatic heterocycles. The summed E-state index contributed by atoms with van der Waals surface area (Å²) in [4.78, 5) is 2.51. The topological polar surface area (TPSA) is 8.17 Å². The minimum absolute atomic E-state index is 1.11. The third-order valence-electron chi connectivity index (χ3n) is 16.3. The van der Waals surface area contributed by atoms with Crippen molar-refractivity contribution >= 4 is 105 Å². The summed E-state index contributed by atoms with van der Waals surface area (Å²) in [5.74, 6) is 0. The Morgan fingerprint density at radius 3 is 1.37 bits per heavy atom. The number of benzene rings is 11. The Kier molecular flexibility index (Phi) is 11.1. The molecule has 0 N–H and O–H groups in total. The van der Waals surface area contributed by atoms with E-state index < -0.39 is 24.2 Å². The minimum atomic E-state index is -1.84. The van der Waals surface area contributed by atoms with Crippen LogP contribution in [-0.2, 0) is 0 Å². The fraction of sp³-hybridized carbons (Fsp3) is 0.114. The van der Waals surface area contributed by atoms with Crippen molar-refractivity contribution in [2.75, 3.05) is 4.90 Å². The molecule has 0 aliphatic carbocycles. The highest BCUT2D eigenvalue weighted by Crippen LogP contribution is 2.49. The van der Waals surface area contributed by atoms with Gasteiger partial charge in [-0.1, -0.05) is 239 Å². The van der Waals surface area contributed by atoms with Gasteiger partial charge in [-0.05, 0) is 120 Å². The third-order valence-corrected chi connectivity index (χ3v) is 24.0. The van der Waals surface area contributed by atoms with Crippen LogP contribution in [0.4, 0.5) is 17.1 Å². The van der Waals surface area contributed by atoms with Crippen LogP contribution in [0.2, 0.25) is 52.4 Å². The number of hydrogen-bond acceptors (Lipinski definition) is 1. The second-order valence-corrected chi connectivity index (χ2v) is 37.9. The molecule has 5 heteroatoms. The van der Waals surface area contributed by atoms with Crippen molar-refractivity contribution in [2.24, 2.45) is 0 Å². The molecule has 0 unspecified atom stereocenters. The molecule has 0 radical (unpaired) electrons. The van der Waals surface area contributed by atoms with Crippen LogP contribution in [0.5, 0.6) is 0 Å². The van der Waals surface area contributed by atoms with E-state index in [1.807, 2.05) is 0 Å². The highest BCUT2D eigenvalue weighted by molar-refractivity contribution is 7.03. The quantitative estimate of drug-likeness (QED) is 0.103. The number of rotatable bonds is 9. The van der Waals surface area contributed by atoms with Gasteiger partial charge in [-0.15, -0.1) is 0 Å². The molecular formula is C70H62N2Si3. The molecule has 0 atom stereocenters. The lowest BCUT2D eigenvalue weighted by atomic mass is 9.89. The smallest absolute Gasteiger partial charge is 0.113 e. The van der Waals surface area contributed by atoms with Gasteiger partial charge in [0.25, 0.3) is 0 Å². The molecule has 0 fully saturated rings. The molecule has 11 aromatic carbocycles. The molecule has 364 valence electrons. The normalized spacial score (nSPS) is 13.2. The summed E-state index contributed by atoms with van der Waals surface area (Å²) in [7, 11) is -4.71. The van der Waals surface area contributed by atoms with Gasteiger partial charge >= 0.3 is 0 Å². The van der Waals surface area contributed by atoms with Gasteiger partial charge in [-0.2, -0.15) is 0 Å². The van der Waals surface area contributed by atoms with Gasteiger partial charge in [-0.25, -0.2) is 0 Å². The summed E-state index contributed by atoms with van der Waals surface area (Å²) in [6.45, 7) is 19.5. The molecule has 2 nitrogen and oxygen atoms in total. The first kappa shape index (κ1) is 46.9. The minimum Gasteiger partial charge on any atom is -0.309 e. The molecule has 12 aromatic rings. The van der Waals surface area contributed by atoms with Crippen LogP contribution >= 0.6 is 0 Å². The van der Waals surface area contributed by atoms with Gasteiger partial charge < -0.3 is 9.47 Å². The Balaban J connectivity index is 0.976. The molecule has 1 aliphatic rings.